The molecule has 0 rings (SSSR count). The standard InChI is InChI=1S/C6H13N3O2/c1-2-3-6(11)5(4-10)8-9-7/h5-6,10-11H,2-4H2,1H3/t5-,6-/m1/s1. The van der Waals surface area contributed by atoms with Gasteiger partial charge in [-0.25, -0.2) is 0 Å². The van der Waals surface area contributed by atoms with Gasteiger partial charge in [-0.2, -0.15) is 0 Å². The van der Waals surface area contributed by atoms with E-state index in [0.717, 1.165) is 6.42 Å². The Morgan fingerprint density at radius 3 is 2.64 bits per heavy atom. The normalized spacial score (nSPS) is 15.2. The third-order valence-electron chi connectivity index (χ3n) is 1.42. The van der Waals surface area contributed by atoms with Crippen LogP contribution in [0.5, 0.6) is 0 Å². The second kappa shape index (κ2) is 5.97. The van der Waals surface area contributed by atoms with Gasteiger partial charge in [-0.1, -0.05) is 18.5 Å². The maximum Gasteiger partial charge on any atom is 0.0864 e. The Balaban J connectivity index is 3.90. The predicted molar refractivity (Wildman–Crippen MR) is 40.9 cm³/mol. The lowest BCUT2D eigenvalue weighted by Crippen LogP contribution is -2.26. The highest BCUT2D eigenvalue weighted by atomic mass is 16.3. The number of azide groups is 1. The molecule has 0 unspecified atom stereocenters. The number of hydrogen-bond donors (Lipinski definition) is 2. The fraction of sp³-hybridized carbons (Fsp3) is 1.00. The van der Waals surface area contributed by atoms with Crippen LogP contribution in [0, 0.1) is 0 Å². The van der Waals surface area contributed by atoms with Crippen LogP contribution in [0.3, 0.4) is 0 Å². The maximum atomic E-state index is 9.22. The first-order chi connectivity index (χ1) is 5.26. The number of aliphatic hydroxyl groups excluding tert-OH is 2. The van der Waals surface area contributed by atoms with Crippen LogP contribution in [0.15, 0.2) is 5.11 Å². The number of nitrogens with zero attached hydrogens (tertiary/aromatic N) is 3. The molecule has 0 aliphatic rings. The second-order valence-electron chi connectivity index (χ2n) is 2.31. The smallest absolute Gasteiger partial charge is 0.0864 e. The van der Waals surface area contributed by atoms with Gasteiger partial charge in [-0.05, 0) is 12.0 Å². The lowest BCUT2D eigenvalue weighted by molar-refractivity contribution is 0.101. The highest BCUT2D eigenvalue weighted by Gasteiger charge is 2.14. The summed E-state index contributed by atoms with van der Waals surface area (Å²) in [6.45, 7) is 1.61. The minimum Gasteiger partial charge on any atom is -0.396 e. The maximum absolute atomic E-state index is 9.22. The molecule has 0 radical (unpaired) electrons. The highest BCUT2D eigenvalue weighted by molar-refractivity contribution is 4.74. The SMILES string of the molecule is CCC[C@@H](O)[C@@H](CO)N=[N+]=[N-]. The average Bonchev–Trinajstić information content (AvgIpc) is 2.00. The number of hydrogen-bond acceptors (Lipinski definition) is 3. The van der Waals surface area contributed by atoms with E-state index in [4.69, 9.17) is 10.6 Å². The van der Waals surface area contributed by atoms with E-state index in [1.807, 2.05) is 6.92 Å². The fourth-order valence-corrected chi connectivity index (χ4v) is 0.790. The highest BCUT2D eigenvalue weighted by Crippen LogP contribution is 2.05. The first-order valence-electron chi connectivity index (χ1n) is 3.59. The van der Waals surface area contributed by atoms with E-state index in [9.17, 15) is 5.11 Å². The summed E-state index contributed by atoms with van der Waals surface area (Å²) in [6.07, 6.45) is 0.629. The molecule has 5 nitrogen and oxygen atoms in total. The van der Waals surface area contributed by atoms with Gasteiger partial charge >= 0.3 is 0 Å². The summed E-state index contributed by atoms with van der Waals surface area (Å²) in [7, 11) is 0. The average molecular weight is 159 g/mol. The zero-order chi connectivity index (χ0) is 8.69. The van der Waals surface area contributed by atoms with Gasteiger partial charge in [-0.3, -0.25) is 0 Å². The summed E-state index contributed by atoms with van der Waals surface area (Å²) in [5.41, 5.74) is 8.02. The van der Waals surface area contributed by atoms with Crippen molar-refractivity contribution in [3.05, 3.63) is 10.4 Å². The van der Waals surface area contributed by atoms with Crippen LogP contribution in [-0.4, -0.2) is 29.0 Å². The van der Waals surface area contributed by atoms with Gasteiger partial charge in [0.05, 0.1) is 18.8 Å². The molecule has 5 heteroatoms. The number of rotatable bonds is 5. The van der Waals surface area contributed by atoms with E-state index < -0.39 is 12.1 Å². The van der Waals surface area contributed by atoms with Crippen molar-refractivity contribution in [1.82, 2.24) is 0 Å². The van der Waals surface area contributed by atoms with Crippen LogP contribution in [0.2, 0.25) is 0 Å². The van der Waals surface area contributed by atoms with Crippen molar-refractivity contribution in [2.45, 2.75) is 31.9 Å². The van der Waals surface area contributed by atoms with E-state index >= 15 is 0 Å². The first-order valence-corrected chi connectivity index (χ1v) is 3.59. The lowest BCUT2D eigenvalue weighted by atomic mass is 10.1. The molecule has 0 heterocycles. The molecule has 0 aromatic heterocycles. The van der Waals surface area contributed by atoms with E-state index in [1.165, 1.54) is 0 Å². The zero-order valence-electron chi connectivity index (χ0n) is 6.51. The molecule has 0 spiro atoms. The molecule has 64 valence electrons. The quantitative estimate of drug-likeness (QED) is 0.353. The van der Waals surface area contributed by atoms with Crippen molar-refractivity contribution < 1.29 is 10.2 Å². The second-order valence-corrected chi connectivity index (χ2v) is 2.31. The molecule has 0 bridgehead atoms. The monoisotopic (exact) mass is 159 g/mol. The fourth-order valence-electron chi connectivity index (χ4n) is 0.790. The van der Waals surface area contributed by atoms with Gasteiger partial charge < -0.3 is 10.2 Å². The topological polar surface area (TPSA) is 89.2 Å². The van der Waals surface area contributed by atoms with Crippen LogP contribution in [0.25, 0.3) is 10.4 Å². The molecule has 0 saturated heterocycles. The Kier molecular flexibility index (Phi) is 5.56. The zero-order valence-corrected chi connectivity index (χ0v) is 6.51. The molecular formula is C6H13N3O2. The van der Waals surface area contributed by atoms with Gasteiger partial charge in [0.1, 0.15) is 0 Å². The van der Waals surface area contributed by atoms with Crippen molar-refractivity contribution in [3.8, 4) is 0 Å². The predicted octanol–water partition coefficient (Wildman–Crippen LogP) is 0.819. The largest absolute Gasteiger partial charge is 0.396 e. The van der Waals surface area contributed by atoms with Crippen LogP contribution in [0.4, 0.5) is 0 Å². The molecule has 0 fully saturated rings. The Labute approximate surface area is 65.3 Å². The van der Waals surface area contributed by atoms with Crippen molar-refractivity contribution in [2.75, 3.05) is 6.61 Å². The van der Waals surface area contributed by atoms with Crippen LogP contribution in [-0.2, 0) is 0 Å². The molecule has 0 aromatic carbocycles. The van der Waals surface area contributed by atoms with Crippen molar-refractivity contribution in [2.24, 2.45) is 5.11 Å². The summed E-state index contributed by atoms with van der Waals surface area (Å²) >= 11 is 0. The Hall–Kier alpha value is -0.770. The summed E-state index contributed by atoms with van der Waals surface area (Å²) in [6, 6.07) is -0.694. The Morgan fingerprint density at radius 2 is 2.27 bits per heavy atom. The molecule has 0 amide bonds. The third kappa shape index (κ3) is 3.83. The van der Waals surface area contributed by atoms with Crippen molar-refractivity contribution >= 4 is 0 Å². The minimum atomic E-state index is -0.721. The molecule has 0 saturated carbocycles. The van der Waals surface area contributed by atoms with Gasteiger partial charge in [0.15, 0.2) is 0 Å². The lowest BCUT2D eigenvalue weighted by Gasteiger charge is -2.14. The van der Waals surface area contributed by atoms with E-state index in [2.05, 4.69) is 10.0 Å². The molecular weight excluding hydrogens is 146 g/mol. The van der Waals surface area contributed by atoms with Crippen LogP contribution < -0.4 is 0 Å². The molecule has 2 atom stereocenters. The van der Waals surface area contributed by atoms with Gasteiger partial charge in [0.2, 0.25) is 0 Å². The van der Waals surface area contributed by atoms with E-state index in [-0.39, 0.29) is 6.61 Å². The minimum absolute atomic E-state index is 0.300. The van der Waals surface area contributed by atoms with Crippen LogP contribution >= 0.6 is 0 Å². The molecule has 0 aliphatic heterocycles. The van der Waals surface area contributed by atoms with Crippen LogP contribution in [0.1, 0.15) is 19.8 Å². The van der Waals surface area contributed by atoms with Crippen molar-refractivity contribution in [1.29, 1.82) is 0 Å². The molecule has 0 aromatic rings. The first kappa shape index (κ1) is 10.2. The van der Waals surface area contributed by atoms with Gasteiger partial charge in [-0.15, -0.1) is 0 Å². The van der Waals surface area contributed by atoms with E-state index in [1.54, 1.807) is 0 Å². The Bertz CT molecular complexity index is 145. The number of aliphatic hydroxyl groups is 2. The molecule has 2 N–H and O–H groups in total. The Morgan fingerprint density at radius 1 is 1.64 bits per heavy atom. The van der Waals surface area contributed by atoms with E-state index in [0.29, 0.717) is 6.42 Å². The summed E-state index contributed by atoms with van der Waals surface area (Å²) in [5, 5.41) is 21.1. The summed E-state index contributed by atoms with van der Waals surface area (Å²) < 4.78 is 0. The van der Waals surface area contributed by atoms with Gasteiger partial charge in [0, 0.05) is 4.91 Å². The summed E-state index contributed by atoms with van der Waals surface area (Å²) in [4.78, 5) is 2.52. The summed E-state index contributed by atoms with van der Waals surface area (Å²) in [5.74, 6) is 0. The molecule has 0 aliphatic carbocycles. The van der Waals surface area contributed by atoms with Gasteiger partial charge in [0.25, 0.3) is 0 Å². The van der Waals surface area contributed by atoms with Crippen molar-refractivity contribution in [3.63, 3.8) is 0 Å². The molecule has 11 heavy (non-hydrogen) atoms. The third-order valence-corrected chi connectivity index (χ3v) is 1.42.